The van der Waals surface area contributed by atoms with Gasteiger partial charge in [-0.25, -0.2) is 26.5 Å². The zero-order valence-corrected chi connectivity index (χ0v) is 23.5. The van der Waals surface area contributed by atoms with Crippen LogP contribution < -0.4 is 10.2 Å². The summed E-state index contributed by atoms with van der Waals surface area (Å²) in [6.45, 7) is 4.07. The van der Waals surface area contributed by atoms with Crippen LogP contribution in [-0.4, -0.2) is 114 Å². The molecule has 12 nitrogen and oxygen atoms in total. The number of sulfonamides is 1. The molecule has 1 aromatic carbocycles. The topological polar surface area (TPSA) is 122 Å². The minimum Gasteiger partial charge on any atom is -0.378 e. The van der Waals surface area contributed by atoms with Gasteiger partial charge in [-0.2, -0.15) is 15.0 Å². The van der Waals surface area contributed by atoms with E-state index >= 15 is 0 Å². The summed E-state index contributed by atoms with van der Waals surface area (Å²) in [6.07, 6.45) is -1.43. The summed E-state index contributed by atoms with van der Waals surface area (Å²) in [6, 6.07) is 6.88. The van der Waals surface area contributed by atoms with Crippen LogP contribution in [0.15, 0.2) is 24.3 Å². The molecule has 2 saturated heterocycles. The number of nitrogens with one attached hydrogen (secondary N) is 1. The summed E-state index contributed by atoms with van der Waals surface area (Å²) in [7, 11) is 0.416. The highest BCUT2D eigenvalue weighted by Gasteiger charge is 2.29. The van der Waals surface area contributed by atoms with E-state index in [1.165, 1.54) is 4.57 Å². The molecular formula is C25H35F2N9O3S. The Morgan fingerprint density at radius 3 is 2.42 bits per heavy atom. The monoisotopic (exact) mass is 579 g/mol. The average Bonchev–Trinajstić information content (AvgIpc) is 3.36. The molecule has 2 aliphatic rings. The van der Waals surface area contributed by atoms with Crippen LogP contribution in [0.1, 0.15) is 25.1 Å². The summed E-state index contributed by atoms with van der Waals surface area (Å²) in [5.41, 5.74) is 0.902. The Kier molecular flexibility index (Phi) is 8.73. The van der Waals surface area contributed by atoms with Crippen molar-refractivity contribution < 1.29 is 21.9 Å². The third-order valence-electron chi connectivity index (χ3n) is 7.20. The Labute approximate surface area is 232 Å². The Balaban J connectivity index is 1.36. The van der Waals surface area contributed by atoms with Crippen molar-refractivity contribution in [3.05, 3.63) is 30.1 Å². The number of alkyl halides is 2. The van der Waals surface area contributed by atoms with Gasteiger partial charge in [0.25, 0.3) is 6.43 Å². The molecule has 5 rings (SSSR count). The lowest BCUT2D eigenvalue weighted by Gasteiger charge is -2.31. The molecule has 4 heterocycles. The standard InChI is InChI=1S/C25H35F2N9O3S/c1-33(2)13-16-40(37,38)35-9-7-18(8-10-35)17-28-23-30-24(34-11-14-39-15-12-34)32-25(31-23)36-20-6-4-3-5-19(20)29-22(36)21(26)27/h3-6,18,21H,7-17H2,1-2H3,(H,28,30,31,32). The largest absolute Gasteiger partial charge is 0.378 e. The summed E-state index contributed by atoms with van der Waals surface area (Å²) in [5, 5.41) is 3.27. The van der Waals surface area contributed by atoms with E-state index < -0.39 is 22.3 Å². The maximum atomic E-state index is 14.1. The minimum absolute atomic E-state index is 0.0600. The Bertz CT molecular complexity index is 1410. The molecule has 1 N–H and O–H groups in total. The first-order chi connectivity index (χ1) is 19.2. The van der Waals surface area contributed by atoms with Crippen molar-refractivity contribution in [1.82, 2.24) is 33.7 Å². The van der Waals surface area contributed by atoms with E-state index in [4.69, 9.17) is 4.74 Å². The zero-order valence-electron chi connectivity index (χ0n) is 22.7. The second-order valence-electron chi connectivity index (χ2n) is 10.3. The lowest BCUT2D eigenvalue weighted by atomic mass is 9.98. The molecule has 2 aliphatic heterocycles. The molecule has 15 heteroatoms. The van der Waals surface area contributed by atoms with Crippen molar-refractivity contribution in [2.45, 2.75) is 19.3 Å². The highest BCUT2D eigenvalue weighted by molar-refractivity contribution is 7.89. The molecule has 0 bridgehead atoms. The van der Waals surface area contributed by atoms with Gasteiger partial charge in [-0.05, 0) is 45.0 Å². The van der Waals surface area contributed by atoms with Crippen LogP contribution in [0.3, 0.4) is 0 Å². The average molecular weight is 580 g/mol. The molecule has 0 atom stereocenters. The SMILES string of the molecule is CN(C)CCS(=O)(=O)N1CCC(CNc2nc(N3CCOCC3)nc(-n3c(C(F)F)nc4ccccc43)n2)CC1. The number of hydrogen-bond acceptors (Lipinski definition) is 10. The van der Waals surface area contributed by atoms with E-state index in [1.54, 1.807) is 28.6 Å². The van der Waals surface area contributed by atoms with Crippen molar-refractivity contribution in [2.75, 3.05) is 82.5 Å². The number of imidazole rings is 1. The maximum Gasteiger partial charge on any atom is 0.296 e. The number of rotatable bonds is 10. The Morgan fingerprint density at radius 1 is 1.02 bits per heavy atom. The number of piperidine rings is 1. The molecule has 218 valence electrons. The van der Waals surface area contributed by atoms with Crippen molar-refractivity contribution in [2.24, 2.45) is 5.92 Å². The van der Waals surface area contributed by atoms with Crippen LogP contribution in [-0.2, 0) is 14.8 Å². The number of benzene rings is 1. The molecule has 0 spiro atoms. The summed E-state index contributed by atoms with van der Waals surface area (Å²) < 4.78 is 61.8. The quantitative estimate of drug-likeness (QED) is 0.382. The second kappa shape index (κ2) is 12.2. The van der Waals surface area contributed by atoms with E-state index in [0.29, 0.717) is 82.3 Å². The van der Waals surface area contributed by atoms with Gasteiger partial charge < -0.3 is 19.9 Å². The molecule has 0 aliphatic carbocycles. The number of fused-ring (bicyclic) bond motifs is 1. The fourth-order valence-electron chi connectivity index (χ4n) is 4.89. The van der Waals surface area contributed by atoms with Gasteiger partial charge in [0.2, 0.25) is 27.9 Å². The third-order valence-corrected chi connectivity index (χ3v) is 9.05. The van der Waals surface area contributed by atoms with Crippen molar-refractivity contribution in [3.63, 3.8) is 0 Å². The number of nitrogens with zero attached hydrogens (tertiary/aromatic N) is 8. The predicted octanol–water partition coefficient (Wildman–Crippen LogP) is 2.00. The lowest BCUT2D eigenvalue weighted by Crippen LogP contribution is -2.42. The summed E-state index contributed by atoms with van der Waals surface area (Å²) in [5.74, 6) is 0.572. The number of aromatic nitrogens is 5. The van der Waals surface area contributed by atoms with Gasteiger partial charge >= 0.3 is 0 Å². The van der Waals surface area contributed by atoms with E-state index in [-0.39, 0.29) is 23.6 Å². The molecule has 0 saturated carbocycles. The first kappa shape index (κ1) is 28.5. The smallest absolute Gasteiger partial charge is 0.296 e. The normalized spacial score (nSPS) is 17.8. The molecule has 2 fully saturated rings. The zero-order chi connectivity index (χ0) is 28.3. The van der Waals surface area contributed by atoms with Crippen molar-refractivity contribution in [3.8, 4) is 5.95 Å². The molecule has 2 aromatic heterocycles. The molecular weight excluding hydrogens is 544 g/mol. The van der Waals surface area contributed by atoms with Gasteiger partial charge in [0.05, 0.1) is 30.0 Å². The fourth-order valence-corrected chi connectivity index (χ4v) is 6.51. The van der Waals surface area contributed by atoms with Crippen LogP contribution in [0.4, 0.5) is 20.7 Å². The number of para-hydroxylation sites is 2. The van der Waals surface area contributed by atoms with E-state index in [0.717, 1.165) is 0 Å². The number of ether oxygens (including phenoxy) is 1. The van der Waals surface area contributed by atoms with E-state index in [9.17, 15) is 17.2 Å². The van der Waals surface area contributed by atoms with Crippen molar-refractivity contribution in [1.29, 1.82) is 0 Å². The first-order valence-corrected chi connectivity index (χ1v) is 15.0. The Morgan fingerprint density at radius 2 is 1.73 bits per heavy atom. The fraction of sp³-hybridized carbons (Fsp3) is 0.600. The molecule has 3 aromatic rings. The van der Waals surface area contributed by atoms with Crippen LogP contribution in [0.5, 0.6) is 0 Å². The van der Waals surface area contributed by atoms with Crippen LogP contribution >= 0.6 is 0 Å². The second-order valence-corrected chi connectivity index (χ2v) is 12.4. The van der Waals surface area contributed by atoms with Gasteiger partial charge in [0, 0.05) is 39.3 Å². The number of anilines is 2. The maximum absolute atomic E-state index is 14.1. The van der Waals surface area contributed by atoms with Gasteiger partial charge in [0.15, 0.2) is 5.82 Å². The lowest BCUT2D eigenvalue weighted by molar-refractivity contribution is 0.122. The van der Waals surface area contributed by atoms with E-state index in [2.05, 4.69) is 25.3 Å². The Hall–Kier alpha value is -3.01. The highest BCUT2D eigenvalue weighted by atomic mass is 32.2. The molecule has 40 heavy (non-hydrogen) atoms. The van der Waals surface area contributed by atoms with Gasteiger partial charge in [-0.15, -0.1) is 0 Å². The van der Waals surface area contributed by atoms with E-state index in [1.807, 2.05) is 23.9 Å². The highest BCUT2D eigenvalue weighted by Crippen LogP contribution is 2.28. The van der Waals surface area contributed by atoms with Gasteiger partial charge in [-0.3, -0.25) is 4.57 Å². The number of hydrogen-bond donors (Lipinski definition) is 1. The number of halogens is 2. The predicted molar refractivity (Wildman–Crippen MR) is 148 cm³/mol. The molecule has 0 amide bonds. The van der Waals surface area contributed by atoms with Gasteiger partial charge in [-0.1, -0.05) is 12.1 Å². The van der Waals surface area contributed by atoms with Gasteiger partial charge in [0.1, 0.15) is 0 Å². The summed E-state index contributed by atoms with van der Waals surface area (Å²) in [4.78, 5) is 21.6. The number of morpholine rings is 1. The van der Waals surface area contributed by atoms with Crippen LogP contribution in [0, 0.1) is 5.92 Å². The first-order valence-electron chi connectivity index (χ1n) is 13.4. The molecule has 0 unspecified atom stereocenters. The van der Waals surface area contributed by atoms with Crippen LogP contribution in [0.2, 0.25) is 0 Å². The molecule has 0 radical (unpaired) electrons. The third kappa shape index (κ3) is 6.48. The summed E-state index contributed by atoms with van der Waals surface area (Å²) >= 11 is 0. The van der Waals surface area contributed by atoms with Crippen molar-refractivity contribution >= 4 is 33.0 Å². The minimum atomic E-state index is -3.29. The van der Waals surface area contributed by atoms with Crippen LogP contribution in [0.25, 0.3) is 17.0 Å².